The van der Waals surface area contributed by atoms with Gasteiger partial charge in [-0.2, -0.15) is 9.40 Å². The Morgan fingerprint density at radius 1 is 1.50 bits per heavy atom. The molecule has 2 N–H and O–H groups in total. The molecule has 2 aromatic heterocycles. The van der Waals surface area contributed by atoms with Gasteiger partial charge < -0.3 is 9.67 Å². The van der Waals surface area contributed by atoms with E-state index in [1.807, 2.05) is 0 Å². The molecular formula is C11H17N5O3S. The maximum Gasteiger partial charge on any atom is 0.246 e. The van der Waals surface area contributed by atoms with E-state index >= 15 is 0 Å². The molecule has 110 valence electrons. The van der Waals surface area contributed by atoms with Crippen molar-refractivity contribution in [2.45, 2.75) is 25.0 Å². The Balaban J connectivity index is 2.35. The van der Waals surface area contributed by atoms with Crippen LogP contribution in [-0.2, 0) is 30.2 Å². The molecule has 0 radical (unpaired) electrons. The van der Waals surface area contributed by atoms with Gasteiger partial charge in [-0.15, -0.1) is 0 Å². The average Bonchev–Trinajstić information content (AvgIpc) is 2.96. The van der Waals surface area contributed by atoms with E-state index in [2.05, 4.69) is 15.2 Å². The van der Waals surface area contributed by atoms with Gasteiger partial charge in [0.25, 0.3) is 0 Å². The van der Waals surface area contributed by atoms with Crippen molar-refractivity contribution >= 4 is 10.0 Å². The van der Waals surface area contributed by atoms with Crippen molar-refractivity contribution in [3.63, 3.8) is 0 Å². The summed E-state index contributed by atoms with van der Waals surface area (Å²) in [6, 6.07) is 0. The van der Waals surface area contributed by atoms with Crippen LogP contribution in [0.2, 0.25) is 0 Å². The van der Waals surface area contributed by atoms with E-state index in [4.69, 9.17) is 0 Å². The SMILES string of the molecule is Cc1[nH]nc(CO)c1S(=O)(=O)N(C)Cc1nccn1C. The number of aryl methyl sites for hydroxylation is 2. The summed E-state index contributed by atoms with van der Waals surface area (Å²) in [5.74, 6) is 0.628. The van der Waals surface area contributed by atoms with E-state index in [0.29, 0.717) is 11.5 Å². The molecule has 20 heavy (non-hydrogen) atoms. The number of nitrogens with one attached hydrogen (secondary N) is 1. The predicted molar refractivity (Wildman–Crippen MR) is 71.1 cm³/mol. The second-order valence-electron chi connectivity index (χ2n) is 4.50. The van der Waals surface area contributed by atoms with Gasteiger partial charge >= 0.3 is 0 Å². The molecule has 2 aromatic rings. The van der Waals surface area contributed by atoms with Crippen LogP contribution in [0.1, 0.15) is 17.2 Å². The van der Waals surface area contributed by atoms with Crippen LogP contribution in [0, 0.1) is 6.92 Å². The molecule has 0 saturated heterocycles. The molecule has 0 amide bonds. The largest absolute Gasteiger partial charge is 0.390 e. The normalized spacial score (nSPS) is 12.2. The molecule has 0 fully saturated rings. The highest BCUT2D eigenvalue weighted by atomic mass is 32.2. The average molecular weight is 299 g/mol. The first-order valence-electron chi connectivity index (χ1n) is 5.95. The predicted octanol–water partition coefficient (Wildman–Crippen LogP) is -0.235. The minimum Gasteiger partial charge on any atom is -0.390 e. The molecule has 0 atom stereocenters. The highest BCUT2D eigenvalue weighted by Crippen LogP contribution is 2.22. The quantitative estimate of drug-likeness (QED) is 0.793. The van der Waals surface area contributed by atoms with Crippen molar-refractivity contribution in [1.29, 1.82) is 0 Å². The Morgan fingerprint density at radius 2 is 2.20 bits per heavy atom. The van der Waals surface area contributed by atoms with E-state index in [0.717, 1.165) is 0 Å². The number of aromatic amines is 1. The lowest BCUT2D eigenvalue weighted by molar-refractivity contribution is 0.273. The summed E-state index contributed by atoms with van der Waals surface area (Å²) >= 11 is 0. The minimum atomic E-state index is -3.74. The minimum absolute atomic E-state index is 0.0247. The first-order chi connectivity index (χ1) is 9.37. The molecule has 2 rings (SSSR count). The molecule has 0 aromatic carbocycles. The molecule has 0 aliphatic carbocycles. The summed E-state index contributed by atoms with van der Waals surface area (Å²) in [5.41, 5.74) is 0.523. The third-order valence-corrected chi connectivity index (χ3v) is 5.07. The second kappa shape index (κ2) is 5.35. The van der Waals surface area contributed by atoms with Crippen molar-refractivity contribution in [3.8, 4) is 0 Å². The summed E-state index contributed by atoms with van der Waals surface area (Å²) in [4.78, 5) is 4.12. The summed E-state index contributed by atoms with van der Waals surface area (Å²) in [5, 5.41) is 15.6. The zero-order valence-electron chi connectivity index (χ0n) is 11.5. The number of aliphatic hydroxyl groups excluding tert-OH is 1. The van der Waals surface area contributed by atoms with Crippen LogP contribution in [0.15, 0.2) is 17.3 Å². The molecule has 0 saturated carbocycles. The van der Waals surface area contributed by atoms with Gasteiger partial charge in [0.2, 0.25) is 10.0 Å². The van der Waals surface area contributed by atoms with Gasteiger partial charge in [-0.1, -0.05) is 0 Å². The number of hydrogen-bond acceptors (Lipinski definition) is 5. The lowest BCUT2D eigenvalue weighted by Gasteiger charge is -2.17. The topological polar surface area (TPSA) is 104 Å². The van der Waals surface area contributed by atoms with Crippen LogP contribution in [0.3, 0.4) is 0 Å². The summed E-state index contributed by atoms with van der Waals surface area (Å²) in [7, 11) is -0.469. The lowest BCUT2D eigenvalue weighted by atomic mass is 10.4. The highest BCUT2D eigenvalue weighted by Gasteiger charge is 2.28. The number of imidazole rings is 1. The molecule has 0 unspecified atom stereocenters. The summed E-state index contributed by atoms with van der Waals surface area (Å²) in [6.07, 6.45) is 3.36. The molecule has 8 nitrogen and oxygen atoms in total. The first-order valence-corrected chi connectivity index (χ1v) is 7.39. The van der Waals surface area contributed by atoms with Gasteiger partial charge in [0.15, 0.2) is 0 Å². The van der Waals surface area contributed by atoms with Gasteiger partial charge in [-0.3, -0.25) is 5.10 Å². The third-order valence-electron chi connectivity index (χ3n) is 3.06. The smallest absolute Gasteiger partial charge is 0.246 e. The standard InChI is InChI=1S/C11H17N5O3S/c1-8-11(9(7-17)14-13-8)20(18,19)16(3)6-10-12-4-5-15(10)2/h4-5,17H,6-7H2,1-3H3,(H,13,14). The van der Waals surface area contributed by atoms with Crippen molar-refractivity contribution in [3.05, 3.63) is 29.6 Å². The Kier molecular flexibility index (Phi) is 3.93. The molecular weight excluding hydrogens is 282 g/mol. The molecule has 0 spiro atoms. The van der Waals surface area contributed by atoms with Gasteiger partial charge in [-0.25, -0.2) is 13.4 Å². The lowest BCUT2D eigenvalue weighted by Crippen LogP contribution is -2.28. The van der Waals surface area contributed by atoms with Gasteiger partial charge in [0.1, 0.15) is 16.4 Å². The number of nitrogens with zero attached hydrogens (tertiary/aromatic N) is 4. The van der Waals surface area contributed by atoms with E-state index < -0.39 is 16.6 Å². The fourth-order valence-electron chi connectivity index (χ4n) is 1.91. The third kappa shape index (κ3) is 2.47. The summed E-state index contributed by atoms with van der Waals surface area (Å²) < 4.78 is 28.0. The molecule has 9 heteroatoms. The molecule has 0 bridgehead atoms. The van der Waals surface area contributed by atoms with Crippen molar-refractivity contribution in [2.24, 2.45) is 7.05 Å². The molecule has 2 heterocycles. The Hall–Kier alpha value is -1.71. The number of aliphatic hydroxyl groups is 1. The molecule has 0 aliphatic rings. The van der Waals surface area contributed by atoms with Crippen molar-refractivity contribution < 1.29 is 13.5 Å². The number of H-pyrrole nitrogens is 1. The zero-order valence-corrected chi connectivity index (χ0v) is 12.3. The highest BCUT2D eigenvalue weighted by molar-refractivity contribution is 7.89. The van der Waals surface area contributed by atoms with Crippen molar-refractivity contribution in [2.75, 3.05) is 7.05 Å². The van der Waals surface area contributed by atoms with Crippen LogP contribution >= 0.6 is 0 Å². The Morgan fingerprint density at radius 3 is 2.75 bits per heavy atom. The maximum absolute atomic E-state index is 12.5. The van der Waals surface area contributed by atoms with Gasteiger partial charge in [0, 0.05) is 26.5 Å². The van der Waals surface area contributed by atoms with Crippen LogP contribution < -0.4 is 0 Å². The van der Waals surface area contributed by atoms with E-state index in [-0.39, 0.29) is 17.1 Å². The molecule has 0 aliphatic heterocycles. The van der Waals surface area contributed by atoms with E-state index in [1.165, 1.54) is 11.4 Å². The number of aromatic nitrogens is 4. The summed E-state index contributed by atoms with van der Waals surface area (Å²) in [6.45, 7) is 1.31. The fourth-order valence-corrected chi connectivity index (χ4v) is 3.35. The van der Waals surface area contributed by atoms with Crippen LogP contribution in [0.25, 0.3) is 0 Å². The van der Waals surface area contributed by atoms with E-state index in [9.17, 15) is 13.5 Å². The maximum atomic E-state index is 12.5. The zero-order chi connectivity index (χ0) is 14.9. The number of hydrogen-bond donors (Lipinski definition) is 2. The van der Waals surface area contributed by atoms with Gasteiger partial charge in [-0.05, 0) is 6.92 Å². The second-order valence-corrected chi connectivity index (χ2v) is 6.48. The van der Waals surface area contributed by atoms with Crippen molar-refractivity contribution in [1.82, 2.24) is 24.1 Å². The van der Waals surface area contributed by atoms with Crippen LogP contribution in [-0.4, -0.2) is 44.6 Å². The van der Waals surface area contributed by atoms with E-state index in [1.54, 1.807) is 30.9 Å². The Labute approximate surface area is 117 Å². The van der Waals surface area contributed by atoms with Crippen LogP contribution in [0.4, 0.5) is 0 Å². The first kappa shape index (κ1) is 14.7. The number of rotatable bonds is 5. The van der Waals surface area contributed by atoms with Crippen LogP contribution in [0.5, 0.6) is 0 Å². The monoisotopic (exact) mass is 299 g/mol. The van der Waals surface area contributed by atoms with Gasteiger partial charge in [0.05, 0.1) is 18.8 Å². The Bertz CT molecular complexity index is 703. The number of sulfonamides is 1. The fraction of sp³-hybridized carbons (Fsp3) is 0.455.